The quantitative estimate of drug-likeness (QED) is 0.316. The molecule has 1 aliphatic heterocycles. The third-order valence-electron chi connectivity index (χ3n) is 5.06. The van der Waals surface area contributed by atoms with Crippen molar-refractivity contribution in [1.29, 1.82) is 0 Å². The summed E-state index contributed by atoms with van der Waals surface area (Å²) in [6, 6.07) is 4.16. The molecule has 1 aromatic heterocycles. The lowest BCUT2D eigenvalue weighted by Gasteiger charge is -2.20. The molecule has 0 radical (unpaired) electrons. The van der Waals surface area contributed by atoms with E-state index in [2.05, 4.69) is 20.6 Å². The van der Waals surface area contributed by atoms with E-state index < -0.39 is 0 Å². The van der Waals surface area contributed by atoms with E-state index in [1.807, 2.05) is 44.0 Å². The van der Waals surface area contributed by atoms with Crippen molar-refractivity contribution >= 4 is 35.8 Å². The van der Waals surface area contributed by atoms with Crippen LogP contribution in [0.15, 0.2) is 23.3 Å². The number of aliphatic imine (C=N–C) groups is 1. The van der Waals surface area contributed by atoms with Gasteiger partial charge in [0.15, 0.2) is 5.96 Å². The highest BCUT2D eigenvalue weighted by molar-refractivity contribution is 14.0. The van der Waals surface area contributed by atoms with Crippen molar-refractivity contribution in [3.8, 4) is 5.88 Å². The molecule has 0 bridgehead atoms. The summed E-state index contributed by atoms with van der Waals surface area (Å²) < 4.78 is 5.68. The molecule has 1 saturated heterocycles. The second-order valence-corrected chi connectivity index (χ2v) is 8.02. The zero-order valence-corrected chi connectivity index (χ0v) is 20.0. The second-order valence-electron chi connectivity index (χ2n) is 8.02. The number of nitrogens with zero attached hydrogens (tertiary/aromatic N) is 3. The van der Waals surface area contributed by atoms with Crippen molar-refractivity contribution in [3.63, 3.8) is 0 Å². The van der Waals surface area contributed by atoms with Crippen molar-refractivity contribution in [2.24, 2.45) is 16.8 Å². The highest BCUT2D eigenvalue weighted by Gasteiger charge is 2.28. The smallest absolute Gasteiger partial charge is 0.225 e. The normalized spacial score (nSPS) is 19.1. The Balaban J connectivity index is 0.00000300. The van der Waals surface area contributed by atoms with Crippen LogP contribution in [-0.4, -0.2) is 54.0 Å². The van der Waals surface area contributed by atoms with Crippen LogP contribution in [0, 0.1) is 11.8 Å². The number of guanidine groups is 1. The van der Waals surface area contributed by atoms with Crippen LogP contribution >= 0.6 is 24.0 Å². The van der Waals surface area contributed by atoms with E-state index in [4.69, 9.17) is 4.74 Å². The molecule has 1 saturated carbocycles. The Kier molecular flexibility index (Phi) is 9.45. The highest BCUT2D eigenvalue weighted by Crippen LogP contribution is 2.29. The highest BCUT2D eigenvalue weighted by atomic mass is 127. The number of halogens is 1. The van der Waals surface area contributed by atoms with Crippen molar-refractivity contribution in [1.82, 2.24) is 20.5 Å². The van der Waals surface area contributed by atoms with Gasteiger partial charge in [0.1, 0.15) is 0 Å². The topological polar surface area (TPSA) is 78.9 Å². The summed E-state index contributed by atoms with van der Waals surface area (Å²) >= 11 is 0. The SMILES string of the molecule is CCNC(=NCc1ccc(OCC2CC2)nc1)NC1CCN(C(=O)C(C)C)C1.I. The van der Waals surface area contributed by atoms with Crippen LogP contribution in [0.4, 0.5) is 0 Å². The number of carbonyl (C=O) groups excluding carboxylic acids is 1. The average molecular weight is 515 g/mol. The van der Waals surface area contributed by atoms with E-state index in [1.165, 1.54) is 12.8 Å². The summed E-state index contributed by atoms with van der Waals surface area (Å²) in [4.78, 5) is 23.2. The van der Waals surface area contributed by atoms with Crippen LogP contribution in [0.5, 0.6) is 5.88 Å². The fraction of sp³-hybridized carbons (Fsp3) is 0.667. The minimum atomic E-state index is 0. The molecule has 1 aliphatic carbocycles. The molecule has 1 unspecified atom stereocenters. The molecule has 8 heteroatoms. The number of amides is 1. The standard InChI is InChI=1S/C21H33N5O2.HI/c1-4-22-21(25-18-9-10-26(13-18)20(27)15(2)3)24-12-17-7-8-19(23-11-17)28-14-16-5-6-16;/h7-8,11,15-16,18H,4-6,9-10,12-14H2,1-3H3,(H2,22,24,25);1H. The monoisotopic (exact) mass is 515 g/mol. The van der Waals surface area contributed by atoms with Gasteiger partial charge in [-0.3, -0.25) is 4.79 Å². The molecule has 29 heavy (non-hydrogen) atoms. The fourth-order valence-electron chi connectivity index (χ4n) is 3.20. The molecule has 7 nitrogen and oxygen atoms in total. The predicted molar refractivity (Wildman–Crippen MR) is 126 cm³/mol. The van der Waals surface area contributed by atoms with Crippen LogP contribution in [0.3, 0.4) is 0 Å². The van der Waals surface area contributed by atoms with Gasteiger partial charge in [-0.2, -0.15) is 0 Å². The number of rotatable bonds is 8. The number of carbonyl (C=O) groups is 1. The molecule has 1 atom stereocenters. The first-order valence-electron chi connectivity index (χ1n) is 10.5. The van der Waals surface area contributed by atoms with E-state index in [0.29, 0.717) is 12.4 Å². The first-order chi connectivity index (χ1) is 13.5. The number of likely N-dealkylation sites (tertiary alicyclic amines) is 1. The fourth-order valence-corrected chi connectivity index (χ4v) is 3.20. The second kappa shape index (κ2) is 11.6. The third kappa shape index (κ3) is 7.64. The lowest BCUT2D eigenvalue weighted by molar-refractivity contribution is -0.133. The van der Waals surface area contributed by atoms with E-state index in [-0.39, 0.29) is 41.8 Å². The molecule has 3 rings (SSSR count). The van der Waals surface area contributed by atoms with Gasteiger partial charge in [0, 0.05) is 43.9 Å². The zero-order valence-electron chi connectivity index (χ0n) is 17.7. The van der Waals surface area contributed by atoms with Crippen molar-refractivity contribution in [2.45, 2.75) is 52.6 Å². The van der Waals surface area contributed by atoms with Crippen LogP contribution in [-0.2, 0) is 11.3 Å². The molecule has 2 heterocycles. The van der Waals surface area contributed by atoms with Gasteiger partial charge in [0.2, 0.25) is 11.8 Å². The average Bonchev–Trinajstić information content (AvgIpc) is 3.41. The molecule has 0 aromatic carbocycles. The van der Waals surface area contributed by atoms with Crippen LogP contribution in [0.1, 0.15) is 45.6 Å². The third-order valence-corrected chi connectivity index (χ3v) is 5.06. The minimum absolute atomic E-state index is 0. The molecular weight excluding hydrogens is 481 g/mol. The van der Waals surface area contributed by atoms with Crippen molar-refractivity contribution in [2.75, 3.05) is 26.2 Å². The maximum absolute atomic E-state index is 12.2. The van der Waals surface area contributed by atoms with E-state index in [0.717, 1.165) is 50.1 Å². The number of aromatic nitrogens is 1. The maximum atomic E-state index is 12.2. The summed E-state index contributed by atoms with van der Waals surface area (Å²) in [5.74, 6) is 2.46. The van der Waals surface area contributed by atoms with Gasteiger partial charge < -0.3 is 20.3 Å². The summed E-state index contributed by atoms with van der Waals surface area (Å²) in [5.41, 5.74) is 1.04. The van der Waals surface area contributed by atoms with Gasteiger partial charge in [-0.05, 0) is 37.7 Å². The summed E-state index contributed by atoms with van der Waals surface area (Å²) in [6.45, 7) is 9.60. The van der Waals surface area contributed by atoms with Gasteiger partial charge in [0.25, 0.3) is 0 Å². The van der Waals surface area contributed by atoms with Gasteiger partial charge in [-0.1, -0.05) is 19.9 Å². The minimum Gasteiger partial charge on any atom is -0.477 e. The van der Waals surface area contributed by atoms with Crippen LogP contribution in [0.25, 0.3) is 0 Å². The largest absolute Gasteiger partial charge is 0.477 e. The lowest BCUT2D eigenvalue weighted by atomic mass is 10.2. The predicted octanol–water partition coefficient (Wildman–Crippen LogP) is 2.80. The number of nitrogens with one attached hydrogen (secondary N) is 2. The first kappa shape index (κ1) is 23.7. The van der Waals surface area contributed by atoms with E-state index >= 15 is 0 Å². The van der Waals surface area contributed by atoms with Gasteiger partial charge in [0.05, 0.1) is 13.2 Å². The molecule has 2 fully saturated rings. The van der Waals surface area contributed by atoms with E-state index in [1.54, 1.807) is 0 Å². The molecule has 1 amide bonds. The zero-order chi connectivity index (χ0) is 19.9. The van der Waals surface area contributed by atoms with E-state index in [9.17, 15) is 4.79 Å². The van der Waals surface area contributed by atoms with Crippen LogP contribution < -0.4 is 15.4 Å². The van der Waals surface area contributed by atoms with Crippen molar-refractivity contribution < 1.29 is 9.53 Å². The van der Waals surface area contributed by atoms with Gasteiger partial charge in [-0.25, -0.2) is 9.98 Å². The molecule has 162 valence electrons. The Hall–Kier alpha value is -1.58. The number of hydrogen-bond donors (Lipinski definition) is 2. The summed E-state index contributed by atoms with van der Waals surface area (Å²) in [5, 5.41) is 6.75. The number of ether oxygens (including phenoxy) is 1. The summed E-state index contributed by atoms with van der Waals surface area (Å²) in [6.07, 6.45) is 5.32. The van der Waals surface area contributed by atoms with Gasteiger partial charge in [-0.15, -0.1) is 24.0 Å². The number of hydrogen-bond acceptors (Lipinski definition) is 4. The molecule has 2 N–H and O–H groups in total. The maximum Gasteiger partial charge on any atom is 0.225 e. The Morgan fingerprint density at radius 1 is 1.34 bits per heavy atom. The molecular formula is C21H34IN5O2. The van der Waals surface area contributed by atoms with Crippen LogP contribution in [0.2, 0.25) is 0 Å². The Morgan fingerprint density at radius 2 is 2.14 bits per heavy atom. The molecule has 2 aliphatic rings. The Bertz CT molecular complexity index is 676. The van der Waals surface area contributed by atoms with Crippen molar-refractivity contribution in [3.05, 3.63) is 23.9 Å². The Labute approximate surface area is 191 Å². The first-order valence-corrected chi connectivity index (χ1v) is 10.5. The lowest BCUT2D eigenvalue weighted by Crippen LogP contribution is -2.45. The molecule has 0 spiro atoms. The summed E-state index contributed by atoms with van der Waals surface area (Å²) in [7, 11) is 0. The molecule has 1 aromatic rings. The number of pyridine rings is 1. The Morgan fingerprint density at radius 3 is 2.76 bits per heavy atom. The van der Waals surface area contributed by atoms with Gasteiger partial charge >= 0.3 is 0 Å².